The maximum absolute atomic E-state index is 13.3. The number of sulfone groups is 1. The number of hydrogen-bond donors (Lipinski definition) is 1. The maximum atomic E-state index is 13.3. The molecule has 0 atom stereocenters. The molecule has 3 aromatic carbocycles. The first-order valence-electron chi connectivity index (χ1n) is 9.90. The van der Waals surface area contributed by atoms with Crippen molar-refractivity contribution in [3.63, 3.8) is 0 Å². The average Bonchev–Trinajstić information content (AvgIpc) is 3.25. The molecule has 158 valence electrons. The van der Waals surface area contributed by atoms with Crippen molar-refractivity contribution in [2.24, 2.45) is 0 Å². The highest BCUT2D eigenvalue weighted by atomic mass is 32.2. The molecule has 0 bridgehead atoms. The first-order chi connectivity index (χ1) is 15.1. The van der Waals surface area contributed by atoms with Crippen molar-refractivity contribution in [2.75, 3.05) is 11.9 Å². The Hall–Kier alpha value is -3.58. The highest BCUT2D eigenvalue weighted by Gasteiger charge is 2.28. The van der Waals surface area contributed by atoms with Gasteiger partial charge in [-0.3, -0.25) is 0 Å². The molecule has 31 heavy (non-hydrogen) atoms. The van der Waals surface area contributed by atoms with Crippen LogP contribution < -0.4 is 10.1 Å². The second kappa shape index (κ2) is 9.06. The lowest BCUT2D eigenvalue weighted by molar-refractivity contribution is 0.340. The molecule has 1 N–H and O–H groups in total. The van der Waals surface area contributed by atoms with Gasteiger partial charge in [-0.25, -0.2) is 8.42 Å². The molecule has 0 unspecified atom stereocenters. The Labute approximate surface area is 181 Å². The van der Waals surface area contributed by atoms with Crippen molar-refractivity contribution in [2.45, 2.75) is 23.4 Å². The molecule has 1 heterocycles. The summed E-state index contributed by atoms with van der Waals surface area (Å²) in [7, 11) is -3.87. The molecule has 0 aliphatic rings. The standard InChI is InChI=1S/C24H22N2O4S/c1-2-29-20-15-13-19(14-16-20)22-26-24(31(27,28)21-11-7-4-8-12-21)23(30-22)25-17-18-9-5-3-6-10-18/h3-16,25H,2,17H2,1H3. The lowest BCUT2D eigenvalue weighted by atomic mass is 10.2. The van der Waals surface area contributed by atoms with E-state index < -0.39 is 9.84 Å². The van der Waals surface area contributed by atoms with Crippen molar-refractivity contribution in [3.8, 4) is 17.2 Å². The van der Waals surface area contributed by atoms with E-state index in [0.29, 0.717) is 18.7 Å². The number of hydrogen-bond acceptors (Lipinski definition) is 6. The molecular formula is C24H22N2O4S. The lowest BCUT2D eigenvalue weighted by Gasteiger charge is -2.06. The number of nitrogens with one attached hydrogen (secondary N) is 1. The summed E-state index contributed by atoms with van der Waals surface area (Å²) in [5, 5.41) is 2.95. The van der Waals surface area contributed by atoms with E-state index in [2.05, 4.69) is 10.3 Å². The van der Waals surface area contributed by atoms with E-state index in [1.165, 1.54) is 0 Å². The van der Waals surface area contributed by atoms with Gasteiger partial charge in [0.25, 0.3) is 0 Å². The highest BCUT2D eigenvalue weighted by Crippen LogP contribution is 2.33. The van der Waals surface area contributed by atoms with Crippen molar-refractivity contribution in [1.29, 1.82) is 0 Å². The van der Waals surface area contributed by atoms with E-state index in [9.17, 15) is 8.42 Å². The number of benzene rings is 3. The number of oxazole rings is 1. The Kier molecular flexibility index (Phi) is 6.04. The predicted molar refractivity (Wildman–Crippen MR) is 119 cm³/mol. The molecule has 0 amide bonds. The Morgan fingerprint density at radius 1 is 0.903 bits per heavy atom. The largest absolute Gasteiger partial charge is 0.494 e. The van der Waals surface area contributed by atoms with Crippen LogP contribution in [-0.4, -0.2) is 20.0 Å². The number of anilines is 1. The van der Waals surface area contributed by atoms with Gasteiger partial charge in [0.05, 0.1) is 11.5 Å². The zero-order chi connectivity index (χ0) is 21.7. The Bertz CT molecular complexity index is 1240. The molecule has 0 saturated carbocycles. The van der Waals surface area contributed by atoms with E-state index >= 15 is 0 Å². The quantitative estimate of drug-likeness (QED) is 0.411. The SMILES string of the molecule is CCOc1ccc(-c2nc(S(=O)(=O)c3ccccc3)c(NCc3ccccc3)o2)cc1. The smallest absolute Gasteiger partial charge is 0.234 e. The van der Waals surface area contributed by atoms with Crippen LogP contribution >= 0.6 is 0 Å². The van der Waals surface area contributed by atoms with E-state index in [-0.39, 0.29) is 21.7 Å². The fourth-order valence-electron chi connectivity index (χ4n) is 3.07. The zero-order valence-corrected chi connectivity index (χ0v) is 17.8. The van der Waals surface area contributed by atoms with Crippen molar-refractivity contribution >= 4 is 15.7 Å². The zero-order valence-electron chi connectivity index (χ0n) is 17.0. The van der Waals surface area contributed by atoms with Crippen molar-refractivity contribution in [3.05, 3.63) is 90.5 Å². The minimum Gasteiger partial charge on any atom is -0.494 e. The lowest BCUT2D eigenvalue weighted by Crippen LogP contribution is -2.07. The molecule has 0 spiro atoms. The monoisotopic (exact) mass is 434 g/mol. The van der Waals surface area contributed by atoms with Crippen LogP contribution in [0.25, 0.3) is 11.5 Å². The van der Waals surface area contributed by atoms with Crippen molar-refractivity contribution in [1.82, 2.24) is 4.98 Å². The van der Waals surface area contributed by atoms with Gasteiger partial charge in [-0.2, -0.15) is 4.98 Å². The molecule has 4 aromatic rings. The first-order valence-corrected chi connectivity index (χ1v) is 11.4. The third-order valence-corrected chi connectivity index (χ3v) is 6.29. The summed E-state index contributed by atoms with van der Waals surface area (Å²) >= 11 is 0. The Morgan fingerprint density at radius 3 is 2.19 bits per heavy atom. The third kappa shape index (κ3) is 4.62. The van der Waals surface area contributed by atoms with Crippen LogP contribution in [0.15, 0.2) is 99.3 Å². The fourth-order valence-corrected chi connectivity index (χ4v) is 4.37. The molecule has 4 rings (SSSR count). The molecule has 0 saturated heterocycles. The second-order valence-corrected chi connectivity index (χ2v) is 8.63. The molecule has 0 aliphatic heterocycles. The van der Waals surface area contributed by atoms with Gasteiger partial charge in [-0.05, 0) is 48.9 Å². The Morgan fingerprint density at radius 2 is 1.55 bits per heavy atom. The molecule has 7 heteroatoms. The van der Waals surface area contributed by atoms with E-state index in [0.717, 1.165) is 11.3 Å². The summed E-state index contributed by atoms with van der Waals surface area (Å²) in [6.07, 6.45) is 0. The van der Waals surface area contributed by atoms with Gasteiger partial charge in [0, 0.05) is 12.1 Å². The van der Waals surface area contributed by atoms with Gasteiger partial charge >= 0.3 is 0 Å². The third-order valence-electron chi connectivity index (χ3n) is 4.61. The van der Waals surface area contributed by atoms with Gasteiger partial charge < -0.3 is 14.5 Å². The second-order valence-electron chi connectivity index (χ2n) is 6.77. The summed E-state index contributed by atoms with van der Waals surface area (Å²) in [4.78, 5) is 4.52. The minimum absolute atomic E-state index is 0.108. The van der Waals surface area contributed by atoms with Crippen LogP contribution in [0.3, 0.4) is 0 Å². The van der Waals surface area contributed by atoms with E-state index in [1.54, 1.807) is 54.6 Å². The molecule has 6 nitrogen and oxygen atoms in total. The van der Waals surface area contributed by atoms with Crippen LogP contribution in [0.5, 0.6) is 5.75 Å². The molecule has 0 aliphatic carbocycles. The van der Waals surface area contributed by atoms with Gasteiger partial charge in [-0.1, -0.05) is 48.5 Å². The summed E-state index contributed by atoms with van der Waals surface area (Å²) in [5.74, 6) is 1.04. The highest BCUT2D eigenvalue weighted by molar-refractivity contribution is 7.91. The van der Waals surface area contributed by atoms with Gasteiger partial charge in [-0.15, -0.1) is 0 Å². The summed E-state index contributed by atoms with van der Waals surface area (Å²) in [6.45, 7) is 2.87. The average molecular weight is 435 g/mol. The van der Waals surface area contributed by atoms with E-state index in [4.69, 9.17) is 9.15 Å². The van der Waals surface area contributed by atoms with Crippen LogP contribution in [0.4, 0.5) is 5.88 Å². The van der Waals surface area contributed by atoms with E-state index in [1.807, 2.05) is 37.3 Å². The van der Waals surface area contributed by atoms with Gasteiger partial charge in [0.1, 0.15) is 5.75 Å². The molecule has 0 radical (unpaired) electrons. The first kappa shape index (κ1) is 20.7. The maximum Gasteiger partial charge on any atom is 0.234 e. The number of nitrogens with zero attached hydrogens (tertiary/aromatic N) is 1. The molecular weight excluding hydrogens is 412 g/mol. The minimum atomic E-state index is -3.87. The van der Waals surface area contributed by atoms with Crippen LogP contribution in [0.2, 0.25) is 0 Å². The predicted octanol–water partition coefficient (Wildman–Crippen LogP) is 5.19. The summed E-state index contributed by atoms with van der Waals surface area (Å²) < 4.78 is 37.9. The van der Waals surface area contributed by atoms with Gasteiger partial charge in [0.2, 0.25) is 26.6 Å². The van der Waals surface area contributed by atoms with Crippen LogP contribution in [0.1, 0.15) is 12.5 Å². The Balaban J connectivity index is 1.72. The normalized spacial score (nSPS) is 11.3. The van der Waals surface area contributed by atoms with Gasteiger partial charge in [0.15, 0.2) is 0 Å². The summed E-state index contributed by atoms with van der Waals surface area (Å²) in [6, 6.07) is 25.0. The fraction of sp³-hybridized carbons (Fsp3) is 0.125. The number of rotatable bonds is 8. The topological polar surface area (TPSA) is 81.4 Å². The molecule has 0 fully saturated rings. The number of ether oxygens (including phenoxy) is 1. The van der Waals surface area contributed by atoms with Crippen molar-refractivity contribution < 1.29 is 17.6 Å². The summed E-state index contributed by atoms with van der Waals surface area (Å²) in [5.41, 5.74) is 1.64. The van der Waals surface area contributed by atoms with Crippen LogP contribution in [0, 0.1) is 0 Å². The van der Waals surface area contributed by atoms with Crippen LogP contribution in [-0.2, 0) is 16.4 Å². The number of aromatic nitrogens is 1. The molecule has 1 aromatic heterocycles.